The van der Waals surface area contributed by atoms with E-state index in [0.717, 1.165) is 19.5 Å². The highest BCUT2D eigenvalue weighted by atomic mass is 16.5. The average Bonchev–Trinajstić information content (AvgIpc) is 2.43. The van der Waals surface area contributed by atoms with Gasteiger partial charge in [-0.05, 0) is 20.3 Å². The van der Waals surface area contributed by atoms with Crippen LogP contribution < -0.4 is 16.0 Å². The molecule has 0 unspecified atom stereocenters. The predicted molar refractivity (Wildman–Crippen MR) is 78.8 cm³/mol. The van der Waals surface area contributed by atoms with Gasteiger partial charge < -0.3 is 25.8 Å². The molecule has 0 aliphatic rings. The molecule has 0 radical (unpaired) electrons. The van der Waals surface area contributed by atoms with E-state index in [1.165, 1.54) is 0 Å². The molecule has 1 heterocycles. The fourth-order valence-corrected chi connectivity index (χ4v) is 1.65. The Labute approximate surface area is 119 Å². The highest BCUT2D eigenvalue weighted by Crippen LogP contribution is 2.11. The lowest BCUT2D eigenvalue weighted by Gasteiger charge is -2.19. The first-order chi connectivity index (χ1) is 9.71. The summed E-state index contributed by atoms with van der Waals surface area (Å²) in [7, 11) is 0. The molecular formula is C12H24N6O2. The number of nitrogen functional groups attached to an aromatic ring is 1. The van der Waals surface area contributed by atoms with Gasteiger partial charge in [-0.25, -0.2) is 0 Å². The number of ether oxygens (including phenoxy) is 1. The van der Waals surface area contributed by atoms with Gasteiger partial charge in [0, 0.05) is 26.2 Å². The van der Waals surface area contributed by atoms with Crippen LogP contribution >= 0.6 is 0 Å². The Bertz CT molecular complexity index is 386. The smallest absolute Gasteiger partial charge is 0.231 e. The summed E-state index contributed by atoms with van der Waals surface area (Å²) in [5, 5.41) is 11.7. The van der Waals surface area contributed by atoms with Crippen molar-refractivity contribution < 1.29 is 9.84 Å². The lowest BCUT2D eigenvalue weighted by atomic mass is 10.4. The lowest BCUT2D eigenvalue weighted by molar-refractivity contribution is 0.0921. The molecule has 0 amide bonds. The number of nitrogens with two attached hydrogens (primary N) is 1. The summed E-state index contributed by atoms with van der Waals surface area (Å²) in [6, 6.07) is 0. The standard InChI is InChI=1S/C12H24N6O2/c1-3-18(4-2)12-16-10(13)15-11(17-12)14-6-5-8-20-9-7-19/h19H,3-9H2,1-2H3,(H3,13,14,15,16,17). The first kappa shape index (κ1) is 16.4. The number of nitrogens with one attached hydrogen (secondary N) is 1. The Kier molecular flexibility index (Phi) is 7.59. The van der Waals surface area contributed by atoms with Gasteiger partial charge in [0.25, 0.3) is 0 Å². The van der Waals surface area contributed by atoms with E-state index in [0.29, 0.717) is 31.7 Å². The van der Waals surface area contributed by atoms with Crippen LogP contribution in [0.4, 0.5) is 17.8 Å². The van der Waals surface area contributed by atoms with Crippen LogP contribution in [0.15, 0.2) is 0 Å². The SMILES string of the molecule is CCN(CC)c1nc(N)nc(NCCCOCCO)n1. The molecule has 0 aromatic carbocycles. The molecule has 114 valence electrons. The molecule has 1 aromatic heterocycles. The van der Waals surface area contributed by atoms with Crippen molar-refractivity contribution >= 4 is 17.8 Å². The van der Waals surface area contributed by atoms with Gasteiger partial charge >= 0.3 is 0 Å². The highest BCUT2D eigenvalue weighted by Gasteiger charge is 2.09. The van der Waals surface area contributed by atoms with Crippen LogP contribution in [0.25, 0.3) is 0 Å². The van der Waals surface area contributed by atoms with E-state index >= 15 is 0 Å². The maximum atomic E-state index is 8.57. The third-order valence-corrected chi connectivity index (χ3v) is 2.67. The van der Waals surface area contributed by atoms with Gasteiger partial charge in [-0.1, -0.05) is 0 Å². The first-order valence-electron chi connectivity index (χ1n) is 6.90. The van der Waals surface area contributed by atoms with Crippen molar-refractivity contribution in [1.82, 2.24) is 15.0 Å². The summed E-state index contributed by atoms with van der Waals surface area (Å²) < 4.78 is 5.17. The minimum absolute atomic E-state index is 0.0463. The van der Waals surface area contributed by atoms with Crippen LogP contribution in [0.1, 0.15) is 20.3 Å². The van der Waals surface area contributed by atoms with Crippen LogP contribution in [0.5, 0.6) is 0 Å². The van der Waals surface area contributed by atoms with Gasteiger partial charge in [-0.2, -0.15) is 15.0 Å². The monoisotopic (exact) mass is 284 g/mol. The summed E-state index contributed by atoms with van der Waals surface area (Å²) >= 11 is 0. The second kappa shape index (κ2) is 9.27. The zero-order chi connectivity index (χ0) is 14.8. The van der Waals surface area contributed by atoms with Crippen LogP contribution in [-0.2, 0) is 4.74 Å². The Morgan fingerprint density at radius 1 is 1.20 bits per heavy atom. The molecule has 0 aliphatic carbocycles. The number of hydrogen-bond acceptors (Lipinski definition) is 8. The minimum atomic E-state index is 0.0463. The lowest BCUT2D eigenvalue weighted by Crippen LogP contribution is -2.25. The van der Waals surface area contributed by atoms with E-state index < -0.39 is 0 Å². The molecule has 1 rings (SSSR count). The van der Waals surface area contributed by atoms with E-state index in [9.17, 15) is 0 Å². The third kappa shape index (κ3) is 5.54. The van der Waals surface area contributed by atoms with E-state index in [1.807, 2.05) is 18.7 Å². The molecule has 1 aromatic rings. The number of hydrogen-bond donors (Lipinski definition) is 3. The van der Waals surface area contributed by atoms with E-state index in [4.69, 9.17) is 15.6 Å². The molecule has 0 saturated carbocycles. The fourth-order valence-electron chi connectivity index (χ4n) is 1.65. The highest BCUT2D eigenvalue weighted by molar-refractivity contribution is 5.41. The number of rotatable bonds is 10. The number of anilines is 3. The Hall–Kier alpha value is -1.67. The summed E-state index contributed by atoms with van der Waals surface area (Å²) in [4.78, 5) is 14.5. The molecule has 0 bridgehead atoms. The summed E-state index contributed by atoms with van der Waals surface area (Å²) in [6.45, 7) is 7.37. The summed E-state index contributed by atoms with van der Waals surface area (Å²) in [5.41, 5.74) is 5.70. The van der Waals surface area contributed by atoms with Gasteiger partial charge in [0.2, 0.25) is 17.8 Å². The molecule has 8 nitrogen and oxygen atoms in total. The average molecular weight is 284 g/mol. The Morgan fingerprint density at radius 3 is 2.60 bits per heavy atom. The largest absolute Gasteiger partial charge is 0.394 e. The normalized spacial score (nSPS) is 10.6. The molecule has 0 fully saturated rings. The molecule has 0 spiro atoms. The topological polar surface area (TPSA) is 109 Å². The van der Waals surface area contributed by atoms with Gasteiger partial charge in [0.1, 0.15) is 0 Å². The van der Waals surface area contributed by atoms with Gasteiger partial charge in [-0.15, -0.1) is 0 Å². The van der Waals surface area contributed by atoms with Gasteiger partial charge in [0.05, 0.1) is 13.2 Å². The number of aliphatic hydroxyl groups is 1. The van der Waals surface area contributed by atoms with Crippen molar-refractivity contribution in [3.8, 4) is 0 Å². The van der Waals surface area contributed by atoms with Gasteiger partial charge in [-0.3, -0.25) is 0 Å². The molecule has 0 aliphatic heterocycles. The van der Waals surface area contributed by atoms with Crippen molar-refractivity contribution in [3.05, 3.63) is 0 Å². The molecule has 0 saturated heterocycles. The molecule has 8 heteroatoms. The van der Waals surface area contributed by atoms with Crippen molar-refractivity contribution in [3.63, 3.8) is 0 Å². The van der Waals surface area contributed by atoms with E-state index in [1.54, 1.807) is 0 Å². The molecular weight excluding hydrogens is 260 g/mol. The molecule has 0 atom stereocenters. The van der Waals surface area contributed by atoms with Crippen LogP contribution in [0.2, 0.25) is 0 Å². The minimum Gasteiger partial charge on any atom is -0.394 e. The molecule has 20 heavy (non-hydrogen) atoms. The van der Waals surface area contributed by atoms with Gasteiger partial charge in [0.15, 0.2) is 0 Å². The van der Waals surface area contributed by atoms with Crippen LogP contribution in [-0.4, -0.2) is 59.5 Å². The number of nitrogens with zero attached hydrogens (tertiary/aromatic N) is 4. The zero-order valence-corrected chi connectivity index (χ0v) is 12.2. The quantitative estimate of drug-likeness (QED) is 0.519. The maximum Gasteiger partial charge on any atom is 0.231 e. The summed E-state index contributed by atoms with van der Waals surface area (Å²) in [6.07, 6.45) is 0.798. The predicted octanol–water partition coefficient (Wildman–Crippen LogP) is 0.111. The van der Waals surface area contributed by atoms with Crippen molar-refractivity contribution in [1.29, 1.82) is 0 Å². The van der Waals surface area contributed by atoms with Crippen molar-refractivity contribution in [2.75, 3.05) is 55.4 Å². The Morgan fingerprint density at radius 2 is 1.95 bits per heavy atom. The Balaban J connectivity index is 2.49. The van der Waals surface area contributed by atoms with E-state index in [2.05, 4.69) is 20.3 Å². The third-order valence-electron chi connectivity index (χ3n) is 2.67. The van der Waals surface area contributed by atoms with Crippen LogP contribution in [0, 0.1) is 0 Å². The summed E-state index contributed by atoms with van der Waals surface area (Å²) in [5.74, 6) is 1.27. The second-order valence-electron chi connectivity index (χ2n) is 4.11. The van der Waals surface area contributed by atoms with E-state index in [-0.39, 0.29) is 12.6 Å². The maximum absolute atomic E-state index is 8.57. The zero-order valence-electron chi connectivity index (χ0n) is 12.2. The molecule has 4 N–H and O–H groups in total. The van der Waals surface area contributed by atoms with Crippen LogP contribution in [0.3, 0.4) is 0 Å². The fraction of sp³-hybridized carbons (Fsp3) is 0.750. The van der Waals surface area contributed by atoms with Crippen molar-refractivity contribution in [2.45, 2.75) is 20.3 Å². The first-order valence-corrected chi connectivity index (χ1v) is 6.90. The second-order valence-corrected chi connectivity index (χ2v) is 4.11. The van der Waals surface area contributed by atoms with Crippen molar-refractivity contribution in [2.24, 2.45) is 0 Å². The number of aromatic nitrogens is 3. The number of aliphatic hydroxyl groups excluding tert-OH is 1.